The maximum Gasteiger partial charge on any atom is 0.156 e. The van der Waals surface area contributed by atoms with Crippen LogP contribution < -0.4 is 10.5 Å². The van der Waals surface area contributed by atoms with Gasteiger partial charge in [0.15, 0.2) is 5.75 Å². The largest absolute Gasteiger partial charge is 0.455 e. The standard InChI is InChI=1S/C16H19N3O/c1-16(2,3)11-4-6-12(7-5-11)20-14-10-19-9-8-13(14)15(17)18/h4-10H,1-3H3,(H3,17,18). The van der Waals surface area contributed by atoms with Crippen molar-refractivity contribution in [1.29, 1.82) is 5.41 Å². The molecule has 1 heterocycles. The first-order valence-corrected chi connectivity index (χ1v) is 6.45. The lowest BCUT2D eigenvalue weighted by atomic mass is 9.87. The molecule has 2 aromatic rings. The monoisotopic (exact) mass is 269 g/mol. The van der Waals surface area contributed by atoms with Crippen molar-refractivity contribution in [2.45, 2.75) is 26.2 Å². The van der Waals surface area contributed by atoms with Gasteiger partial charge in [0.05, 0.1) is 11.8 Å². The molecular formula is C16H19N3O. The van der Waals surface area contributed by atoms with Crippen molar-refractivity contribution in [3.63, 3.8) is 0 Å². The van der Waals surface area contributed by atoms with Crippen molar-refractivity contribution in [2.24, 2.45) is 5.73 Å². The van der Waals surface area contributed by atoms with Crippen LogP contribution in [-0.2, 0) is 5.41 Å². The molecule has 0 unspecified atom stereocenters. The van der Waals surface area contributed by atoms with E-state index >= 15 is 0 Å². The number of rotatable bonds is 3. The summed E-state index contributed by atoms with van der Waals surface area (Å²) in [5.41, 5.74) is 7.41. The Morgan fingerprint density at radius 2 is 1.80 bits per heavy atom. The van der Waals surface area contributed by atoms with Crippen LogP contribution in [0.5, 0.6) is 11.5 Å². The lowest BCUT2D eigenvalue weighted by molar-refractivity contribution is 0.478. The Balaban J connectivity index is 2.25. The van der Waals surface area contributed by atoms with Gasteiger partial charge in [-0.1, -0.05) is 32.9 Å². The Hall–Kier alpha value is -2.36. The molecule has 0 saturated carbocycles. The molecule has 0 radical (unpaired) electrons. The number of benzene rings is 1. The zero-order valence-corrected chi connectivity index (χ0v) is 12.0. The van der Waals surface area contributed by atoms with Gasteiger partial charge in [-0.2, -0.15) is 0 Å². The van der Waals surface area contributed by atoms with E-state index in [4.69, 9.17) is 15.9 Å². The van der Waals surface area contributed by atoms with Gasteiger partial charge >= 0.3 is 0 Å². The van der Waals surface area contributed by atoms with E-state index in [0.29, 0.717) is 17.1 Å². The average Bonchev–Trinajstić information content (AvgIpc) is 2.38. The number of nitrogens with two attached hydrogens (primary N) is 1. The van der Waals surface area contributed by atoms with Gasteiger partial charge in [-0.15, -0.1) is 0 Å². The van der Waals surface area contributed by atoms with E-state index in [1.54, 1.807) is 18.5 Å². The van der Waals surface area contributed by atoms with Crippen molar-refractivity contribution >= 4 is 5.84 Å². The van der Waals surface area contributed by atoms with E-state index in [1.807, 2.05) is 24.3 Å². The summed E-state index contributed by atoms with van der Waals surface area (Å²) >= 11 is 0. The topological polar surface area (TPSA) is 72.0 Å². The summed E-state index contributed by atoms with van der Waals surface area (Å²) < 4.78 is 5.76. The summed E-state index contributed by atoms with van der Waals surface area (Å²) in [5.74, 6) is 1.16. The number of amidine groups is 1. The third kappa shape index (κ3) is 3.15. The van der Waals surface area contributed by atoms with Crippen LogP contribution in [0.3, 0.4) is 0 Å². The summed E-state index contributed by atoms with van der Waals surface area (Å²) in [5, 5.41) is 7.53. The number of nitrogens with one attached hydrogen (secondary N) is 1. The number of pyridine rings is 1. The van der Waals surface area contributed by atoms with Gasteiger partial charge in [0.25, 0.3) is 0 Å². The average molecular weight is 269 g/mol. The highest BCUT2D eigenvalue weighted by Crippen LogP contribution is 2.28. The van der Waals surface area contributed by atoms with Crippen molar-refractivity contribution in [2.75, 3.05) is 0 Å². The molecule has 4 heteroatoms. The summed E-state index contributed by atoms with van der Waals surface area (Å²) in [7, 11) is 0. The zero-order valence-electron chi connectivity index (χ0n) is 12.0. The fourth-order valence-electron chi connectivity index (χ4n) is 1.83. The summed E-state index contributed by atoms with van der Waals surface area (Å²) in [6.07, 6.45) is 3.15. The molecule has 4 nitrogen and oxygen atoms in total. The van der Waals surface area contributed by atoms with Crippen LogP contribution in [0.2, 0.25) is 0 Å². The molecule has 0 aliphatic heterocycles. The van der Waals surface area contributed by atoms with Crippen LogP contribution >= 0.6 is 0 Å². The normalized spacial score (nSPS) is 11.2. The molecule has 0 atom stereocenters. The van der Waals surface area contributed by atoms with Crippen molar-refractivity contribution in [3.8, 4) is 11.5 Å². The first-order chi connectivity index (χ1) is 9.38. The fraction of sp³-hybridized carbons (Fsp3) is 0.250. The molecule has 0 saturated heterocycles. The summed E-state index contributed by atoms with van der Waals surface area (Å²) in [6, 6.07) is 9.58. The van der Waals surface area contributed by atoms with Crippen LogP contribution in [0.25, 0.3) is 0 Å². The second-order valence-corrected chi connectivity index (χ2v) is 5.66. The van der Waals surface area contributed by atoms with Crippen molar-refractivity contribution in [3.05, 3.63) is 53.9 Å². The van der Waals surface area contributed by atoms with Crippen molar-refractivity contribution < 1.29 is 4.74 Å². The quantitative estimate of drug-likeness (QED) is 0.662. The highest BCUT2D eigenvalue weighted by molar-refractivity contribution is 5.97. The SMILES string of the molecule is CC(C)(C)c1ccc(Oc2cnccc2C(=N)N)cc1. The van der Waals surface area contributed by atoms with E-state index in [9.17, 15) is 0 Å². The molecule has 1 aromatic carbocycles. The lowest BCUT2D eigenvalue weighted by Gasteiger charge is -2.19. The molecule has 0 aliphatic rings. The third-order valence-electron chi connectivity index (χ3n) is 3.02. The molecule has 0 amide bonds. The predicted molar refractivity (Wildman–Crippen MR) is 80.5 cm³/mol. The van der Waals surface area contributed by atoms with Gasteiger partial charge in [0, 0.05) is 6.20 Å². The Labute approximate surface area is 119 Å². The summed E-state index contributed by atoms with van der Waals surface area (Å²) in [4.78, 5) is 4.00. The van der Waals surface area contributed by atoms with Crippen LogP contribution in [0.4, 0.5) is 0 Å². The highest BCUT2D eigenvalue weighted by atomic mass is 16.5. The van der Waals surface area contributed by atoms with Gasteiger partial charge in [-0.05, 0) is 29.2 Å². The molecule has 104 valence electrons. The van der Waals surface area contributed by atoms with Gasteiger partial charge in [0.2, 0.25) is 0 Å². The highest BCUT2D eigenvalue weighted by Gasteiger charge is 2.13. The van der Waals surface area contributed by atoms with E-state index in [2.05, 4.69) is 25.8 Å². The van der Waals surface area contributed by atoms with Gasteiger partial charge in [-0.3, -0.25) is 10.4 Å². The number of ether oxygens (including phenoxy) is 1. The maximum atomic E-state index is 7.53. The Morgan fingerprint density at radius 3 is 2.35 bits per heavy atom. The second-order valence-electron chi connectivity index (χ2n) is 5.66. The first kappa shape index (κ1) is 14.1. The molecular weight excluding hydrogens is 250 g/mol. The Morgan fingerprint density at radius 1 is 1.15 bits per heavy atom. The van der Waals surface area contributed by atoms with Gasteiger partial charge < -0.3 is 10.5 Å². The van der Waals surface area contributed by atoms with Crippen LogP contribution in [0.15, 0.2) is 42.7 Å². The van der Waals surface area contributed by atoms with Crippen molar-refractivity contribution in [1.82, 2.24) is 4.98 Å². The minimum atomic E-state index is -0.0336. The van der Waals surface area contributed by atoms with Crippen LogP contribution in [-0.4, -0.2) is 10.8 Å². The predicted octanol–water partition coefficient (Wildman–Crippen LogP) is 3.46. The molecule has 1 aromatic heterocycles. The minimum Gasteiger partial charge on any atom is -0.455 e. The zero-order chi connectivity index (χ0) is 14.8. The number of hydrogen-bond donors (Lipinski definition) is 2. The smallest absolute Gasteiger partial charge is 0.156 e. The third-order valence-corrected chi connectivity index (χ3v) is 3.02. The fourth-order valence-corrected chi connectivity index (χ4v) is 1.83. The Kier molecular flexibility index (Phi) is 3.74. The van der Waals surface area contributed by atoms with E-state index in [0.717, 1.165) is 0 Å². The molecule has 20 heavy (non-hydrogen) atoms. The number of nitrogen functional groups attached to an aromatic ring is 1. The maximum absolute atomic E-state index is 7.53. The number of aromatic nitrogens is 1. The van der Waals surface area contributed by atoms with Gasteiger partial charge in [-0.25, -0.2) is 0 Å². The molecule has 0 fully saturated rings. The number of nitrogens with zero attached hydrogens (tertiary/aromatic N) is 1. The Bertz CT molecular complexity index is 612. The molecule has 3 N–H and O–H groups in total. The first-order valence-electron chi connectivity index (χ1n) is 6.45. The van der Waals surface area contributed by atoms with E-state index < -0.39 is 0 Å². The molecule has 0 spiro atoms. The van der Waals surface area contributed by atoms with Gasteiger partial charge in [0.1, 0.15) is 11.6 Å². The second kappa shape index (κ2) is 5.33. The summed E-state index contributed by atoms with van der Waals surface area (Å²) in [6.45, 7) is 6.49. The molecule has 0 bridgehead atoms. The van der Waals surface area contributed by atoms with Crippen LogP contribution in [0, 0.1) is 5.41 Å². The number of hydrogen-bond acceptors (Lipinski definition) is 3. The lowest BCUT2D eigenvalue weighted by Crippen LogP contribution is -2.12. The van der Waals surface area contributed by atoms with Crippen LogP contribution in [0.1, 0.15) is 31.9 Å². The van der Waals surface area contributed by atoms with E-state index in [-0.39, 0.29) is 11.3 Å². The van der Waals surface area contributed by atoms with E-state index in [1.165, 1.54) is 5.56 Å². The molecule has 0 aliphatic carbocycles. The molecule has 2 rings (SSSR count). The minimum absolute atomic E-state index is 0.0336.